The van der Waals surface area contributed by atoms with Gasteiger partial charge in [-0.25, -0.2) is 4.79 Å². The van der Waals surface area contributed by atoms with E-state index in [9.17, 15) is 4.79 Å². The summed E-state index contributed by atoms with van der Waals surface area (Å²) in [7, 11) is 5.08. The molecule has 0 saturated heterocycles. The van der Waals surface area contributed by atoms with E-state index in [0.717, 1.165) is 0 Å². The molecule has 1 aliphatic heterocycles. The van der Waals surface area contributed by atoms with Crippen molar-refractivity contribution in [2.24, 2.45) is 0 Å². The summed E-state index contributed by atoms with van der Waals surface area (Å²) in [6.45, 7) is 0.302. The maximum atomic E-state index is 12.1. The topological polar surface area (TPSA) is 111 Å². The van der Waals surface area contributed by atoms with Crippen molar-refractivity contribution in [2.75, 3.05) is 38.2 Å². The Bertz CT molecular complexity index is 783. The Kier molecular flexibility index (Phi) is 4.68. The van der Waals surface area contributed by atoms with Crippen LogP contribution >= 0.6 is 0 Å². The number of methoxy groups -OCH3 is 1. The van der Waals surface area contributed by atoms with Crippen molar-refractivity contribution in [3.05, 3.63) is 24.0 Å². The highest BCUT2D eigenvalue weighted by Crippen LogP contribution is 2.34. The van der Waals surface area contributed by atoms with E-state index in [-0.39, 0.29) is 19.3 Å². The molecule has 2 N–H and O–H groups in total. The van der Waals surface area contributed by atoms with E-state index in [1.54, 1.807) is 37.2 Å². The van der Waals surface area contributed by atoms with Crippen LogP contribution in [0.25, 0.3) is 0 Å². The van der Waals surface area contributed by atoms with Crippen LogP contribution in [0.3, 0.4) is 0 Å². The second kappa shape index (κ2) is 7.07. The number of ether oxygens (including phenoxy) is 3. The molecule has 0 bridgehead atoms. The first-order chi connectivity index (χ1) is 12.0. The minimum atomic E-state index is -0.398. The Balaban J connectivity index is 1.61. The molecule has 1 aromatic heterocycles. The van der Waals surface area contributed by atoms with E-state index in [1.807, 2.05) is 0 Å². The minimum absolute atomic E-state index is 0.121. The van der Waals surface area contributed by atoms with Crippen LogP contribution in [-0.4, -0.2) is 49.0 Å². The van der Waals surface area contributed by atoms with Crippen molar-refractivity contribution in [3.63, 3.8) is 0 Å². The number of nitrogens with zero attached hydrogens (tertiary/aromatic N) is 4. The van der Waals surface area contributed by atoms with Gasteiger partial charge in [0, 0.05) is 25.8 Å². The van der Waals surface area contributed by atoms with Crippen molar-refractivity contribution in [1.82, 2.24) is 20.3 Å². The summed E-state index contributed by atoms with van der Waals surface area (Å²) >= 11 is 0. The molecular formula is C15H18N6O4. The minimum Gasteiger partial charge on any atom is -0.467 e. The molecule has 1 aliphatic rings. The molecule has 0 aliphatic carbocycles. The number of fused-ring (bicyclic) bond motifs is 1. The second-order valence-corrected chi connectivity index (χ2v) is 5.31. The molecule has 0 unspecified atom stereocenters. The average molecular weight is 346 g/mol. The second-order valence-electron chi connectivity index (χ2n) is 5.31. The Labute approximate surface area is 144 Å². The number of hydrogen-bond donors (Lipinski definition) is 2. The van der Waals surface area contributed by atoms with E-state index in [4.69, 9.17) is 14.2 Å². The maximum absolute atomic E-state index is 12.1. The largest absolute Gasteiger partial charge is 0.467 e. The van der Waals surface area contributed by atoms with Crippen LogP contribution in [0.5, 0.6) is 17.5 Å². The van der Waals surface area contributed by atoms with Gasteiger partial charge in [0.25, 0.3) is 0 Å². The number of carbonyl (C=O) groups excluding carboxylic acids is 1. The zero-order chi connectivity index (χ0) is 17.8. The fraction of sp³-hybridized carbons (Fsp3) is 0.333. The molecule has 25 heavy (non-hydrogen) atoms. The monoisotopic (exact) mass is 346 g/mol. The third-order valence-electron chi connectivity index (χ3n) is 3.27. The molecule has 0 fully saturated rings. The van der Waals surface area contributed by atoms with Gasteiger partial charge in [-0.2, -0.15) is 15.0 Å². The van der Waals surface area contributed by atoms with Crippen LogP contribution in [0.2, 0.25) is 0 Å². The molecular weight excluding hydrogens is 328 g/mol. The van der Waals surface area contributed by atoms with Crippen LogP contribution < -0.4 is 29.7 Å². The van der Waals surface area contributed by atoms with Gasteiger partial charge < -0.3 is 29.7 Å². The molecule has 3 rings (SSSR count). The van der Waals surface area contributed by atoms with Crippen LogP contribution in [-0.2, 0) is 6.54 Å². The summed E-state index contributed by atoms with van der Waals surface area (Å²) in [5.74, 6) is 2.08. The fourth-order valence-electron chi connectivity index (χ4n) is 2.07. The van der Waals surface area contributed by atoms with Crippen LogP contribution in [0.1, 0.15) is 5.82 Å². The molecule has 2 amide bonds. The van der Waals surface area contributed by atoms with Crippen molar-refractivity contribution in [3.8, 4) is 17.5 Å². The normalized spacial score (nSPS) is 11.8. The van der Waals surface area contributed by atoms with Gasteiger partial charge in [-0.1, -0.05) is 0 Å². The molecule has 0 atom stereocenters. The molecule has 0 radical (unpaired) electrons. The number of urea groups is 1. The third-order valence-corrected chi connectivity index (χ3v) is 3.27. The van der Waals surface area contributed by atoms with E-state index in [0.29, 0.717) is 29.0 Å². The Morgan fingerprint density at radius 3 is 2.80 bits per heavy atom. The third kappa shape index (κ3) is 3.97. The van der Waals surface area contributed by atoms with Gasteiger partial charge in [0.05, 0.1) is 13.7 Å². The SMILES string of the molecule is COc1nc(CNC(=O)Nc2ccc3c(c2)OCO3)nc(N(C)C)n1. The predicted molar refractivity (Wildman–Crippen MR) is 89.1 cm³/mol. The van der Waals surface area contributed by atoms with Crippen molar-refractivity contribution in [2.45, 2.75) is 6.54 Å². The summed E-state index contributed by atoms with van der Waals surface area (Å²) in [4.78, 5) is 26.2. The zero-order valence-corrected chi connectivity index (χ0v) is 14.1. The van der Waals surface area contributed by atoms with Crippen LogP contribution in [0, 0.1) is 0 Å². The first kappa shape index (κ1) is 16.6. The Morgan fingerprint density at radius 2 is 2.04 bits per heavy atom. The first-order valence-electron chi connectivity index (χ1n) is 7.46. The number of nitrogens with one attached hydrogen (secondary N) is 2. The number of carbonyl (C=O) groups is 1. The van der Waals surface area contributed by atoms with Crippen molar-refractivity contribution < 1.29 is 19.0 Å². The summed E-state index contributed by atoms with van der Waals surface area (Å²) in [6.07, 6.45) is 0. The summed E-state index contributed by atoms with van der Waals surface area (Å²) in [5, 5.41) is 5.39. The molecule has 132 valence electrons. The summed E-state index contributed by atoms with van der Waals surface area (Å²) < 4.78 is 15.5. The molecule has 2 heterocycles. The van der Waals surface area contributed by atoms with E-state index in [2.05, 4.69) is 25.6 Å². The molecule has 10 heteroatoms. The smallest absolute Gasteiger partial charge is 0.321 e. The number of aromatic nitrogens is 3. The van der Waals surface area contributed by atoms with Crippen molar-refractivity contribution >= 4 is 17.7 Å². The average Bonchev–Trinajstić information content (AvgIpc) is 3.07. The number of amides is 2. The lowest BCUT2D eigenvalue weighted by molar-refractivity contribution is 0.174. The lowest BCUT2D eigenvalue weighted by atomic mass is 10.3. The summed E-state index contributed by atoms with van der Waals surface area (Å²) in [6, 6.07) is 4.94. The number of rotatable bonds is 5. The number of hydrogen-bond acceptors (Lipinski definition) is 8. The maximum Gasteiger partial charge on any atom is 0.321 e. The van der Waals surface area contributed by atoms with E-state index in [1.165, 1.54) is 7.11 Å². The number of benzene rings is 1. The van der Waals surface area contributed by atoms with Gasteiger partial charge in [0.15, 0.2) is 17.3 Å². The zero-order valence-electron chi connectivity index (χ0n) is 14.1. The van der Waals surface area contributed by atoms with Gasteiger partial charge in [0.1, 0.15) is 0 Å². The Morgan fingerprint density at radius 1 is 1.24 bits per heavy atom. The van der Waals surface area contributed by atoms with Gasteiger partial charge in [0.2, 0.25) is 12.7 Å². The van der Waals surface area contributed by atoms with Gasteiger partial charge in [-0.05, 0) is 12.1 Å². The highest BCUT2D eigenvalue weighted by molar-refractivity contribution is 5.89. The molecule has 10 nitrogen and oxygen atoms in total. The molecule has 2 aromatic rings. The standard InChI is InChI=1S/C15H18N6O4/c1-21(2)13-18-12(19-15(20-13)23-3)7-16-14(22)17-9-4-5-10-11(6-9)25-8-24-10/h4-6H,7-8H2,1-3H3,(H2,16,17,22). The molecule has 0 saturated carbocycles. The quantitative estimate of drug-likeness (QED) is 0.825. The Hall–Kier alpha value is -3.30. The van der Waals surface area contributed by atoms with Gasteiger partial charge in [-0.15, -0.1) is 0 Å². The lowest BCUT2D eigenvalue weighted by Gasteiger charge is -2.12. The lowest BCUT2D eigenvalue weighted by Crippen LogP contribution is -2.29. The highest BCUT2D eigenvalue weighted by atomic mass is 16.7. The fourth-order valence-corrected chi connectivity index (χ4v) is 2.07. The van der Waals surface area contributed by atoms with Crippen molar-refractivity contribution in [1.29, 1.82) is 0 Å². The molecule has 1 aromatic carbocycles. The van der Waals surface area contributed by atoms with Gasteiger partial charge >= 0.3 is 12.0 Å². The predicted octanol–water partition coefficient (Wildman–Crippen LogP) is 0.997. The van der Waals surface area contributed by atoms with Crippen LogP contribution in [0.15, 0.2) is 18.2 Å². The summed E-state index contributed by atoms with van der Waals surface area (Å²) in [5.41, 5.74) is 0.587. The van der Waals surface area contributed by atoms with Gasteiger partial charge in [-0.3, -0.25) is 0 Å². The first-order valence-corrected chi connectivity index (χ1v) is 7.46. The van der Waals surface area contributed by atoms with E-state index < -0.39 is 6.03 Å². The number of anilines is 2. The van der Waals surface area contributed by atoms with Crippen LogP contribution in [0.4, 0.5) is 16.4 Å². The molecule has 0 spiro atoms. The van der Waals surface area contributed by atoms with E-state index >= 15 is 0 Å². The highest BCUT2D eigenvalue weighted by Gasteiger charge is 2.14.